The standard InChI is InChI=1S/C10H10N4O3/c1-2-17-10(16)5-3-13-9-7(8(5)15)12-4-6(11)14-9/h3-4H,2H2,1H3,(H3,11,13,14,15). The SMILES string of the molecule is CCOC(=O)c1c[nH]c2nc(N)cnc2c1=O. The molecule has 2 aromatic heterocycles. The first kappa shape index (κ1) is 11.1. The molecule has 0 fully saturated rings. The Kier molecular flexibility index (Phi) is 2.73. The Balaban J connectivity index is 2.62. The molecule has 7 nitrogen and oxygen atoms in total. The van der Waals surface area contributed by atoms with Gasteiger partial charge in [0.1, 0.15) is 11.4 Å². The molecule has 0 aliphatic heterocycles. The van der Waals surface area contributed by atoms with Gasteiger partial charge < -0.3 is 15.5 Å². The van der Waals surface area contributed by atoms with Gasteiger partial charge in [0.2, 0.25) is 5.43 Å². The molecule has 2 aromatic rings. The topological polar surface area (TPSA) is 111 Å². The number of aromatic nitrogens is 3. The van der Waals surface area contributed by atoms with E-state index in [1.54, 1.807) is 6.92 Å². The first-order valence-electron chi connectivity index (χ1n) is 4.94. The van der Waals surface area contributed by atoms with Crippen LogP contribution in [0.4, 0.5) is 5.82 Å². The van der Waals surface area contributed by atoms with Gasteiger partial charge in [0.15, 0.2) is 11.2 Å². The van der Waals surface area contributed by atoms with E-state index in [0.29, 0.717) is 0 Å². The monoisotopic (exact) mass is 234 g/mol. The summed E-state index contributed by atoms with van der Waals surface area (Å²) < 4.78 is 4.75. The first-order valence-corrected chi connectivity index (χ1v) is 4.94. The van der Waals surface area contributed by atoms with Gasteiger partial charge in [-0.25, -0.2) is 14.8 Å². The largest absolute Gasteiger partial charge is 0.462 e. The summed E-state index contributed by atoms with van der Waals surface area (Å²) in [5.74, 6) is -0.494. The molecule has 17 heavy (non-hydrogen) atoms. The second-order valence-electron chi connectivity index (χ2n) is 3.24. The highest BCUT2D eigenvalue weighted by Crippen LogP contribution is 2.05. The van der Waals surface area contributed by atoms with Crippen LogP contribution in [0.3, 0.4) is 0 Å². The highest BCUT2D eigenvalue weighted by molar-refractivity contribution is 5.92. The highest BCUT2D eigenvalue weighted by Gasteiger charge is 2.15. The Bertz CT molecular complexity index is 635. The van der Waals surface area contributed by atoms with Gasteiger partial charge in [0, 0.05) is 6.20 Å². The van der Waals surface area contributed by atoms with Crippen molar-refractivity contribution >= 4 is 23.0 Å². The lowest BCUT2D eigenvalue weighted by molar-refractivity contribution is 0.0524. The third-order valence-electron chi connectivity index (χ3n) is 2.10. The average molecular weight is 234 g/mol. The van der Waals surface area contributed by atoms with Crippen LogP contribution in [0, 0.1) is 0 Å². The maximum Gasteiger partial charge on any atom is 0.343 e. The summed E-state index contributed by atoms with van der Waals surface area (Å²) in [5.41, 5.74) is 5.11. The second-order valence-corrected chi connectivity index (χ2v) is 3.24. The van der Waals surface area contributed by atoms with Crippen molar-refractivity contribution in [2.75, 3.05) is 12.3 Å². The molecule has 0 aromatic carbocycles. The van der Waals surface area contributed by atoms with Gasteiger partial charge in [-0.1, -0.05) is 0 Å². The van der Waals surface area contributed by atoms with E-state index in [9.17, 15) is 9.59 Å². The minimum Gasteiger partial charge on any atom is -0.462 e. The molecule has 0 bridgehead atoms. The number of pyridine rings is 1. The predicted molar refractivity (Wildman–Crippen MR) is 60.5 cm³/mol. The van der Waals surface area contributed by atoms with E-state index in [4.69, 9.17) is 10.5 Å². The summed E-state index contributed by atoms with van der Waals surface area (Å²) >= 11 is 0. The Morgan fingerprint density at radius 1 is 1.59 bits per heavy atom. The Morgan fingerprint density at radius 2 is 2.35 bits per heavy atom. The number of carbonyl (C=O) groups excluding carboxylic acids is 1. The zero-order valence-corrected chi connectivity index (χ0v) is 9.06. The molecule has 0 saturated heterocycles. The summed E-state index contributed by atoms with van der Waals surface area (Å²) in [4.78, 5) is 33.8. The predicted octanol–water partition coefficient (Wildman–Crippen LogP) is 0.0770. The Labute approximate surface area is 95.6 Å². The number of carbonyl (C=O) groups is 1. The third kappa shape index (κ3) is 1.94. The van der Waals surface area contributed by atoms with Gasteiger partial charge in [-0.15, -0.1) is 0 Å². The van der Waals surface area contributed by atoms with Crippen LogP contribution in [0.15, 0.2) is 17.2 Å². The normalized spacial score (nSPS) is 10.4. The number of nitrogen functional groups attached to an aromatic ring is 1. The molecule has 0 unspecified atom stereocenters. The van der Waals surface area contributed by atoms with Crippen molar-refractivity contribution in [3.63, 3.8) is 0 Å². The van der Waals surface area contributed by atoms with Crippen molar-refractivity contribution in [2.24, 2.45) is 0 Å². The lowest BCUT2D eigenvalue weighted by Gasteiger charge is -2.02. The number of nitrogens with zero attached hydrogens (tertiary/aromatic N) is 2. The van der Waals surface area contributed by atoms with E-state index in [0.717, 1.165) is 0 Å². The molecule has 2 heterocycles. The fourth-order valence-corrected chi connectivity index (χ4v) is 1.36. The van der Waals surface area contributed by atoms with Crippen LogP contribution in [0.25, 0.3) is 11.2 Å². The van der Waals surface area contributed by atoms with E-state index < -0.39 is 11.4 Å². The van der Waals surface area contributed by atoms with Crippen LogP contribution >= 0.6 is 0 Å². The van der Waals surface area contributed by atoms with Gasteiger partial charge in [0.05, 0.1) is 12.8 Å². The summed E-state index contributed by atoms with van der Waals surface area (Å²) in [5, 5.41) is 0. The van der Waals surface area contributed by atoms with E-state index >= 15 is 0 Å². The minimum absolute atomic E-state index is 0.0600. The molecule has 88 valence electrons. The van der Waals surface area contributed by atoms with Gasteiger partial charge in [-0.2, -0.15) is 0 Å². The fraction of sp³-hybridized carbons (Fsp3) is 0.200. The van der Waals surface area contributed by atoms with Crippen LogP contribution in [-0.2, 0) is 4.74 Å². The maximum absolute atomic E-state index is 11.9. The highest BCUT2D eigenvalue weighted by atomic mass is 16.5. The van der Waals surface area contributed by atoms with Crippen LogP contribution in [0.2, 0.25) is 0 Å². The van der Waals surface area contributed by atoms with Gasteiger partial charge in [0.25, 0.3) is 0 Å². The molecule has 0 spiro atoms. The Morgan fingerprint density at radius 3 is 3.06 bits per heavy atom. The summed E-state index contributed by atoms with van der Waals surface area (Å²) in [6.45, 7) is 1.86. The van der Waals surface area contributed by atoms with E-state index in [2.05, 4.69) is 15.0 Å². The van der Waals surface area contributed by atoms with Gasteiger partial charge in [-0.05, 0) is 6.92 Å². The van der Waals surface area contributed by atoms with Crippen LogP contribution in [-0.4, -0.2) is 27.5 Å². The molecule has 0 atom stereocenters. The molecular weight excluding hydrogens is 224 g/mol. The number of ether oxygens (including phenoxy) is 1. The van der Waals surface area contributed by atoms with Crippen LogP contribution < -0.4 is 11.2 Å². The van der Waals surface area contributed by atoms with Gasteiger partial charge in [-0.3, -0.25) is 4.79 Å². The number of hydrogen-bond donors (Lipinski definition) is 2. The molecule has 0 radical (unpaired) electrons. The van der Waals surface area contributed by atoms with Crippen molar-refractivity contribution in [1.29, 1.82) is 0 Å². The van der Waals surface area contributed by atoms with Crippen molar-refractivity contribution in [3.8, 4) is 0 Å². The Hall–Kier alpha value is -2.44. The molecule has 0 amide bonds. The number of nitrogens with two attached hydrogens (primary N) is 1. The lowest BCUT2D eigenvalue weighted by Crippen LogP contribution is -2.19. The number of hydrogen-bond acceptors (Lipinski definition) is 6. The fourth-order valence-electron chi connectivity index (χ4n) is 1.36. The lowest BCUT2D eigenvalue weighted by atomic mass is 10.2. The van der Waals surface area contributed by atoms with Crippen molar-refractivity contribution in [2.45, 2.75) is 6.92 Å². The number of fused-ring (bicyclic) bond motifs is 1. The molecule has 0 aliphatic carbocycles. The smallest absolute Gasteiger partial charge is 0.343 e. The summed E-state index contributed by atoms with van der Waals surface area (Å²) in [6, 6.07) is 0. The number of nitrogens with one attached hydrogen (secondary N) is 1. The van der Waals surface area contributed by atoms with E-state index in [-0.39, 0.29) is 29.2 Å². The number of rotatable bonds is 2. The summed E-state index contributed by atoms with van der Waals surface area (Å²) in [7, 11) is 0. The number of esters is 1. The van der Waals surface area contributed by atoms with Gasteiger partial charge >= 0.3 is 5.97 Å². The van der Waals surface area contributed by atoms with E-state index in [1.165, 1.54) is 12.4 Å². The quantitative estimate of drug-likeness (QED) is 0.711. The number of aromatic amines is 1. The molecule has 3 N–H and O–H groups in total. The summed E-state index contributed by atoms with van der Waals surface area (Å²) in [6.07, 6.45) is 2.50. The molecule has 2 rings (SSSR count). The van der Waals surface area contributed by atoms with E-state index in [1.807, 2.05) is 0 Å². The first-order chi connectivity index (χ1) is 8.13. The molecule has 0 saturated carbocycles. The third-order valence-corrected chi connectivity index (χ3v) is 2.10. The van der Waals surface area contributed by atoms with Crippen LogP contribution in [0.5, 0.6) is 0 Å². The average Bonchev–Trinajstić information content (AvgIpc) is 2.29. The maximum atomic E-state index is 11.9. The van der Waals surface area contributed by atoms with Crippen molar-refractivity contribution in [1.82, 2.24) is 15.0 Å². The minimum atomic E-state index is -0.686. The van der Waals surface area contributed by atoms with Crippen molar-refractivity contribution < 1.29 is 9.53 Å². The zero-order valence-electron chi connectivity index (χ0n) is 9.06. The second kappa shape index (κ2) is 4.20. The van der Waals surface area contributed by atoms with Crippen LogP contribution in [0.1, 0.15) is 17.3 Å². The van der Waals surface area contributed by atoms with Crippen molar-refractivity contribution in [3.05, 3.63) is 28.2 Å². The zero-order chi connectivity index (χ0) is 12.4. The molecular formula is C10H10N4O3. The number of anilines is 1. The molecule has 7 heteroatoms. The number of H-pyrrole nitrogens is 1. The molecule has 0 aliphatic rings.